The predicted octanol–water partition coefficient (Wildman–Crippen LogP) is 3.77. The summed E-state index contributed by atoms with van der Waals surface area (Å²) in [6.45, 7) is 3.97. The number of amides is 1. The second-order valence-corrected chi connectivity index (χ2v) is 5.71. The second-order valence-electron chi connectivity index (χ2n) is 5.71. The topological polar surface area (TPSA) is 64.1 Å². The maximum Gasteiger partial charge on any atom is 0.262 e. The first-order chi connectivity index (χ1) is 12.2. The van der Waals surface area contributed by atoms with Crippen LogP contribution in [0, 0.1) is 0 Å². The fraction of sp³-hybridized carbons (Fsp3) is 0.250. The molecule has 5 nitrogen and oxygen atoms in total. The van der Waals surface area contributed by atoms with Gasteiger partial charge in [0.1, 0.15) is 5.82 Å². The number of nitrogens with zero attached hydrogens (tertiary/aromatic N) is 2. The van der Waals surface area contributed by atoms with E-state index in [4.69, 9.17) is 4.74 Å². The standard InChI is InChI=1S/C20H21N3O2/c1-3-14-8-7-9-15(12-14)21-19(24)13-25-20-16-10-5-6-11-17(16)22-18(4-2)23-20/h5-12H,3-4,13H2,1-2H3,(H,21,24). The molecule has 0 atom stereocenters. The molecule has 5 heteroatoms. The van der Waals surface area contributed by atoms with Gasteiger partial charge in [0.2, 0.25) is 5.88 Å². The van der Waals surface area contributed by atoms with Gasteiger partial charge in [-0.3, -0.25) is 4.79 Å². The largest absolute Gasteiger partial charge is 0.467 e. The van der Waals surface area contributed by atoms with Crippen LogP contribution in [0.1, 0.15) is 25.2 Å². The molecule has 1 heterocycles. The molecule has 0 saturated heterocycles. The molecule has 25 heavy (non-hydrogen) atoms. The van der Waals surface area contributed by atoms with E-state index in [1.54, 1.807) is 0 Å². The second kappa shape index (κ2) is 7.75. The average molecular weight is 335 g/mol. The molecule has 2 aromatic carbocycles. The van der Waals surface area contributed by atoms with E-state index in [9.17, 15) is 4.79 Å². The van der Waals surface area contributed by atoms with E-state index in [2.05, 4.69) is 22.2 Å². The molecule has 3 aromatic rings. The molecule has 1 N–H and O–H groups in total. The Morgan fingerprint density at radius 3 is 2.68 bits per heavy atom. The number of ether oxygens (including phenoxy) is 1. The number of anilines is 1. The van der Waals surface area contributed by atoms with Crippen molar-refractivity contribution >= 4 is 22.5 Å². The molecule has 3 rings (SSSR count). The van der Waals surface area contributed by atoms with Crippen molar-refractivity contribution in [3.05, 3.63) is 59.9 Å². The normalized spacial score (nSPS) is 10.6. The summed E-state index contributed by atoms with van der Waals surface area (Å²) in [7, 11) is 0. The fourth-order valence-electron chi connectivity index (χ4n) is 2.56. The lowest BCUT2D eigenvalue weighted by Crippen LogP contribution is -2.20. The molecule has 0 aliphatic carbocycles. The van der Waals surface area contributed by atoms with Crippen LogP contribution in [0.25, 0.3) is 10.9 Å². The van der Waals surface area contributed by atoms with Crippen molar-refractivity contribution in [3.63, 3.8) is 0 Å². The minimum atomic E-state index is -0.214. The highest BCUT2D eigenvalue weighted by atomic mass is 16.5. The number of carbonyl (C=O) groups is 1. The van der Waals surface area contributed by atoms with E-state index < -0.39 is 0 Å². The fourth-order valence-corrected chi connectivity index (χ4v) is 2.56. The zero-order chi connectivity index (χ0) is 17.6. The third-order valence-electron chi connectivity index (χ3n) is 3.89. The number of rotatable bonds is 6. The highest BCUT2D eigenvalue weighted by molar-refractivity contribution is 5.92. The molecule has 0 spiro atoms. The van der Waals surface area contributed by atoms with Crippen LogP contribution in [0.4, 0.5) is 5.69 Å². The van der Waals surface area contributed by atoms with Crippen LogP contribution in [0.5, 0.6) is 5.88 Å². The monoisotopic (exact) mass is 335 g/mol. The van der Waals surface area contributed by atoms with Gasteiger partial charge in [0.25, 0.3) is 5.91 Å². The number of carbonyl (C=O) groups excluding carboxylic acids is 1. The third-order valence-corrected chi connectivity index (χ3v) is 3.89. The number of aromatic nitrogens is 2. The summed E-state index contributed by atoms with van der Waals surface area (Å²) < 4.78 is 5.69. The summed E-state index contributed by atoms with van der Waals surface area (Å²) in [5.74, 6) is 0.929. The average Bonchev–Trinajstić information content (AvgIpc) is 2.66. The predicted molar refractivity (Wildman–Crippen MR) is 98.9 cm³/mol. The Bertz CT molecular complexity index is 893. The van der Waals surface area contributed by atoms with Crippen molar-refractivity contribution in [2.24, 2.45) is 0 Å². The smallest absolute Gasteiger partial charge is 0.262 e. The molecule has 0 fully saturated rings. The lowest BCUT2D eigenvalue weighted by Gasteiger charge is -2.10. The lowest BCUT2D eigenvalue weighted by atomic mass is 10.1. The summed E-state index contributed by atoms with van der Waals surface area (Å²) in [4.78, 5) is 21.1. The number of hydrogen-bond acceptors (Lipinski definition) is 4. The van der Waals surface area contributed by atoms with Gasteiger partial charge >= 0.3 is 0 Å². The van der Waals surface area contributed by atoms with Crippen LogP contribution in [-0.4, -0.2) is 22.5 Å². The van der Waals surface area contributed by atoms with Gasteiger partial charge in [-0.1, -0.05) is 38.1 Å². The Balaban J connectivity index is 1.72. The summed E-state index contributed by atoms with van der Waals surface area (Å²) in [6.07, 6.45) is 1.63. The van der Waals surface area contributed by atoms with Crippen molar-refractivity contribution in [1.29, 1.82) is 0 Å². The quantitative estimate of drug-likeness (QED) is 0.745. The molecular weight excluding hydrogens is 314 g/mol. The number of fused-ring (bicyclic) bond motifs is 1. The maximum absolute atomic E-state index is 12.2. The summed E-state index contributed by atoms with van der Waals surface area (Å²) >= 11 is 0. The summed E-state index contributed by atoms with van der Waals surface area (Å²) in [6, 6.07) is 15.4. The first kappa shape index (κ1) is 16.9. The highest BCUT2D eigenvalue weighted by Crippen LogP contribution is 2.22. The third kappa shape index (κ3) is 4.12. The van der Waals surface area contributed by atoms with E-state index >= 15 is 0 Å². The van der Waals surface area contributed by atoms with Gasteiger partial charge in [-0.05, 0) is 36.2 Å². The highest BCUT2D eigenvalue weighted by Gasteiger charge is 2.10. The summed E-state index contributed by atoms with van der Waals surface area (Å²) in [5.41, 5.74) is 2.77. The van der Waals surface area contributed by atoms with Crippen LogP contribution in [0.15, 0.2) is 48.5 Å². The van der Waals surface area contributed by atoms with Gasteiger partial charge in [-0.2, -0.15) is 4.98 Å². The molecule has 0 unspecified atom stereocenters. The van der Waals surface area contributed by atoms with Gasteiger partial charge in [-0.15, -0.1) is 0 Å². The minimum absolute atomic E-state index is 0.0967. The Kier molecular flexibility index (Phi) is 5.23. The van der Waals surface area contributed by atoms with E-state index in [1.165, 1.54) is 5.56 Å². The van der Waals surface area contributed by atoms with E-state index in [0.717, 1.165) is 23.0 Å². The SMILES string of the molecule is CCc1cccc(NC(=O)COc2nc(CC)nc3ccccc23)c1. The molecular formula is C20H21N3O2. The van der Waals surface area contributed by atoms with Gasteiger partial charge in [0.15, 0.2) is 6.61 Å². The minimum Gasteiger partial charge on any atom is -0.467 e. The van der Waals surface area contributed by atoms with Crippen LogP contribution >= 0.6 is 0 Å². The zero-order valence-corrected chi connectivity index (χ0v) is 14.5. The molecule has 1 amide bonds. The molecule has 128 valence electrons. The Morgan fingerprint density at radius 2 is 1.88 bits per heavy atom. The number of hydrogen-bond donors (Lipinski definition) is 1. The first-order valence-electron chi connectivity index (χ1n) is 8.46. The van der Waals surface area contributed by atoms with Crippen molar-refractivity contribution in [3.8, 4) is 5.88 Å². The lowest BCUT2D eigenvalue weighted by molar-refractivity contribution is -0.118. The number of benzene rings is 2. The van der Waals surface area contributed by atoms with Crippen molar-refractivity contribution in [2.75, 3.05) is 11.9 Å². The molecule has 1 aromatic heterocycles. The van der Waals surface area contributed by atoms with Crippen LogP contribution in [0.3, 0.4) is 0 Å². The Morgan fingerprint density at radius 1 is 1.04 bits per heavy atom. The zero-order valence-electron chi connectivity index (χ0n) is 14.5. The van der Waals surface area contributed by atoms with E-state index in [0.29, 0.717) is 18.1 Å². The Labute approximate surface area is 147 Å². The van der Waals surface area contributed by atoms with E-state index in [-0.39, 0.29) is 12.5 Å². The molecule has 0 aliphatic heterocycles. The van der Waals surface area contributed by atoms with Crippen molar-refractivity contribution < 1.29 is 9.53 Å². The van der Waals surface area contributed by atoms with Crippen molar-refractivity contribution in [2.45, 2.75) is 26.7 Å². The van der Waals surface area contributed by atoms with E-state index in [1.807, 2.05) is 55.5 Å². The van der Waals surface area contributed by atoms with Crippen molar-refractivity contribution in [1.82, 2.24) is 9.97 Å². The van der Waals surface area contributed by atoms with Crippen LogP contribution in [0.2, 0.25) is 0 Å². The molecule has 0 bridgehead atoms. The summed E-state index contributed by atoms with van der Waals surface area (Å²) in [5, 5.41) is 3.66. The van der Waals surface area contributed by atoms with Gasteiger partial charge in [-0.25, -0.2) is 4.98 Å². The number of nitrogens with one attached hydrogen (secondary N) is 1. The number of para-hydroxylation sites is 1. The van der Waals surface area contributed by atoms with Gasteiger partial charge in [0, 0.05) is 12.1 Å². The van der Waals surface area contributed by atoms with Crippen LogP contribution < -0.4 is 10.1 Å². The van der Waals surface area contributed by atoms with Gasteiger partial charge in [0.05, 0.1) is 10.9 Å². The first-order valence-corrected chi connectivity index (χ1v) is 8.46. The van der Waals surface area contributed by atoms with Crippen LogP contribution in [-0.2, 0) is 17.6 Å². The molecule has 0 saturated carbocycles. The maximum atomic E-state index is 12.2. The Hall–Kier alpha value is -2.95. The molecule has 0 radical (unpaired) electrons. The number of aryl methyl sites for hydroxylation is 2. The van der Waals surface area contributed by atoms with Gasteiger partial charge < -0.3 is 10.1 Å². The molecule has 0 aliphatic rings.